The summed E-state index contributed by atoms with van der Waals surface area (Å²) in [5.41, 5.74) is 1.88. The molecule has 0 spiro atoms. The SMILES string of the molecule is CCOCCCC(=O)c1ccc2c(c1)nc(Nc1nc3ccc(C(F)(F)F)cc3s1)n2CC. The maximum Gasteiger partial charge on any atom is 0.416 e. The van der Waals surface area contributed by atoms with Crippen LogP contribution in [0.15, 0.2) is 36.4 Å². The molecule has 6 nitrogen and oxygen atoms in total. The van der Waals surface area contributed by atoms with Crippen molar-refractivity contribution < 1.29 is 22.7 Å². The van der Waals surface area contributed by atoms with E-state index >= 15 is 0 Å². The van der Waals surface area contributed by atoms with E-state index in [4.69, 9.17) is 4.74 Å². The van der Waals surface area contributed by atoms with E-state index < -0.39 is 11.7 Å². The van der Waals surface area contributed by atoms with Crippen LogP contribution in [-0.4, -0.2) is 33.5 Å². The molecule has 0 radical (unpaired) electrons. The van der Waals surface area contributed by atoms with Crippen molar-refractivity contribution in [1.82, 2.24) is 14.5 Å². The number of aryl methyl sites for hydroxylation is 1. The zero-order valence-corrected chi connectivity index (χ0v) is 19.0. The number of hydrogen-bond acceptors (Lipinski definition) is 6. The predicted molar refractivity (Wildman–Crippen MR) is 123 cm³/mol. The summed E-state index contributed by atoms with van der Waals surface area (Å²) < 4.78 is 46.7. The van der Waals surface area contributed by atoms with Crippen LogP contribution in [0.1, 0.15) is 42.6 Å². The monoisotopic (exact) mass is 476 g/mol. The summed E-state index contributed by atoms with van der Waals surface area (Å²) >= 11 is 1.13. The molecule has 2 aromatic heterocycles. The molecule has 4 rings (SSSR count). The molecule has 0 aliphatic rings. The van der Waals surface area contributed by atoms with Gasteiger partial charge in [-0.15, -0.1) is 0 Å². The van der Waals surface area contributed by atoms with E-state index in [2.05, 4.69) is 15.3 Å². The molecule has 174 valence electrons. The summed E-state index contributed by atoms with van der Waals surface area (Å²) in [6.07, 6.45) is -3.34. The van der Waals surface area contributed by atoms with Gasteiger partial charge in [0, 0.05) is 31.7 Å². The maximum absolute atomic E-state index is 13.0. The van der Waals surface area contributed by atoms with E-state index in [-0.39, 0.29) is 5.78 Å². The van der Waals surface area contributed by atoms with E-state index in [9.17, 15) is 18.0 Å². The number of nitrogens with one attached hydrogen (secondary N) is 1. The molecular formula is C23H23F3N4O2S. The number of alkyl halides is 3. The Morgan fingerprint density at radius 3 is 2.67 bits per heavy atom. The largest absolute Gasteiger partial charge is 0.416 e. The fourth-order valence-electron chi connectivity index (χ4n) is 3.59. The Balaban J connectivity index is 1.59. The first kappa shape index (κ1) is 23.2. The Bertz CT molecular complexity index is 1300. The molecule has 0 unspecified atom stereocenters. The Kier molecular flexibility index (Phi) is 6.66. The van der Waals surface area contributed by atoms with Crippen LogP contribution in [0.4, 0.5) is 24.3 Å². The fourth-order valence-corrected chi connectivity index (χ4v) is 4.49. The third-order valence-electron chi connectivity index (χ3n) is 5.22. The van der Waals surface area contributed by atoms with Gasteiger partial charge in [-0.3, -0.25) is 4.79 Å². The number of anilines is 2. The van der Waals surface area contributed by atoms with Crippen molar-refractivity contribution >= 4 is 49.4 Å². The van der Waals surface area contributed by atoms with Gasteiger partial charge in [-0.1, -0.05) is 11.3 Å². The highest BCUT2D eigenvalue weighted by atomic mass is 32.1. The summed E-state index contributed by atoms with van der Waals surface area (Å²) in [5.74, 6) is 0.548. The molecule has 0 aliphatic heterocycles. The minimum absolute atomic E-state index is 0.0313. The number of ketones is 1. The topological polar surface area (TPSA) is 69.0 Å². The van der Waals surface area contributed by atoms with Gasteiger partial charge in [0.15, 0.2) is 10.9 Å². The lowest BCUT2D eigenvalue weighted by molar-refractivity contribution is -0.137. The fraction of sp³-hybridized carbons (Fsp3) is 0.348. The van der Waals surface area contributed by atoms with E-state index in [1.165, 1.54) is 6.07 Å². The highest BCUT2D eigenvalue weighted by molar-refractivity contribution is 7.22. The maximum atomic E-state index is 13.0. The minimum Gasteiger partial charge on any atom is -0.382 e. The molecule has 0 saturated carbocycles. The van der Waals surface area contributed by atoms with E-state index in [0.29, 0.717) is 65.0 Å². The normalized spacial score (nSPS) is 12.0. The van der Waals surface area contributed by atoms with E-state index in [1.54, 1.807) is 12.1 Å². The van der Waals surface area contributed by atoms with Crippen LogP contribution in [0, 0.1) is 0 Å². The van der Waals surface area contributed by atoms with Gasteiger partial charge in [-0.2, -0.15) is 13.2 Å². The van der Waals surface area contributed by atoms with Crippen LogP contribution in [0.2, 0.25) is 0 Å². The van der Waals surface area contributed by atoms with Crippen LogP contribution in [0.5, 0.6) is 0 Å². The van der Waals surface area contributed by atoms with Crippen molar-refractivity contribution in [3.63, 3.8) is 0 Å². The second kappa shape index (κ2) is 9.48. The lowest BCUT2D eigenvalue weighted by Gasteiger charge is -2.06. The quantitative estimate of drug-likeness (QED) is 0.223. The summed E-state index contributed by atoms with van der Waals surface area (Å²) in [5, 5.41) is 3.58. The van der Waals surface area contributed by atoms with Crippen LogP contribution in [0.3, 0.4) is 0 Å². The third-order valence-corrected chi connectivity index (χ3v) is 6.15. The van der Waals surface area contributed by atoms with Gasteiger partial charge in [0.1, 0.15) is 0 Å². The van der Waals surface area contributed by atoms with E-state index in [0.717, 1.165) is 29.0 Å². The Morgan fingerprint density at radius 1 is 1.12 bits per heavy atom. The standard InChI is InChI=1S/C23H23F3N4O2S/c1-3-30-18-10-7-14(19(31)6-5-11-32-4-2)12-17(18)27-21(30)29-22-28-16-9-8-15(23(24,25)26)13-20(16)33-22/h7-10,12-13H,3-6,11H2,1-2H3,(H,27,28,29). The minimum atomic E-state index is -4.40. The lowest BCUT2D eigenvalue weighted by atomic mass is 10.1. The number of fused-ring (bicyclic) bond motifs is 2. The second-order valence-electron chi connectivity index (χ2n) is 7.43. The molecule has 0 bridgehead atoms. The van der Waals surface area contributed by atoms with Crippen molar-refractivity contribution in [2.75, 3.05) is 18.5 Å². The number of halogens is 3. The smallest absolute Gasteiger partial charge is 0.382 e. The first-order valence-electron chi connectivity index (χ1n) is 10.7. The molecule has 4 aromatic rings. The van der Waals surface area contributed by atoms with Crippen LogP contribution >= 0.6 is 11.3 Å². The number of nitrogens with zero attached hydrogens (tertiary/aromatic N) is 3. The average Bonchev–Trinajstić information content (AvgIpc) is 3.34. The van der Waals surface area contributed by atoms with Gasteiger partial charge in [0.2, 0.25) is 5.95 Å². The van der Waals surface area contributed by atoms with Crippen LogP contribution in [-0.2, 0) is 17.5 Å². The highest BCUT2D eigenvalue weighted by Crippen LogP contribution is 2.35. The van der Waals surface area contributed by atoms with Crippen molar-refractivity contribution in [1.29, 1.82) is 0 Å². The number of thiazole rings is 1. The molecule has 1 N–H and O–H groups in total. The van der Waals surface area contributed by atoms with Crippen molar-refractivity contribution in [2.24, 2.45) is 0 Å². The number of Topliss-reactive ketones (excluding diaryl/α,β-unsaturated/α-hetero) is 1. The summed E-state index contributed by atoms with van der Waals surface area (Å²) in [7, 11) is 0. The number of hydrogen-bond donors (Lipinski definition) is 1. The Morgan fingerprint density at radius 2 is 1.94 bits per heavy atom. The Hall–Kier alpha value is -2.98. The van der Waals surface area contributed by atoms with Crippen molar-refractivity contribution in [2.45, 2.75) is 39.4 Å². The molecule has 0 aliphatic carbocycles. The van der Waals surface area contributed by atoms with E-state index in [1.807, 2.05) is 24.5 Å². The molecule has 0 atom stereocenters. The zero-order valence-electron chi connectivity index (χ0n) is 18.2. The first-order valence-corrected chi connectivity index (χ1v) is 11.5. The number of ether oxygens (including phenoxy) is 1. The zero-order chi connectivity index (χ0) is 23.6. The molecule has 33 heavy (non-hydrogen) atoms. The molecular weight excluding hydrogens is 453 g/mol. The second-order valence-corrected chi connectivity index (χ2v) is 8.46. The van der Waals surface area contributed by atoms with Gasteiger partial charge < -0.3 is 14.6 Å². The van der Waals surface area contributed by atoms with Crippen LogP contribution < -0.4 is 5.32 Å². The van der Waals surface area contributed by atoms with Crippen molar-refractivity contribution in [3.8, 4) is 0 Å². The van der Waals surface area contributed by atoms with Crippen LogP contribution in [0.25, 0.3) is 21.3 Å². The summed E-state index contributed by atoms with van der Waals surface area (Å²) in [4.78, 5) is 21.5. The van der Waals surface area contributed by atoms with Gasteiger partial charge in [0.05, 0.1) is 26.8 Å². The summed E-state index contributed by atoms with van der Waals surface area (Å²) in [6, 6.07) is 8.92. The first-order chi connectivity index (χ1) is 15.8. The molecule has 10 heteroatoms. The van der Waals surface area contributed by atoms with Gasteiger partial charge in [0.25, 0.3) is 0 Å². The molecule has 0 saturated heterocycles. The van der Waals surface area contributed by atoms with Crippen molar-refractivity contribution in [3.05, 3.63) is 47.5 Å². The Labute approximate surface area is 192 Å². The molecule has 0 fully saturated rings. The molecule has 2 heterocycles. The summed E-state index contributed by atoms with van der Waals surface area (Å²) in [6.45, 7) is 5.67. The number of imidazole rings is 1. The number of carbonyl (C=O) groups excluding carboxylic acids is 1. The third kappa shape index (κ3) is 5.01. The number of benzene rings is 2. The predicted octanol–water partition coefficient (Wildman–Crippen LogP) is 6.43. The lowest BCUT2D eigenvalue weighted by Crippen LogP contribution is -2.03. The number of aromatic nitrogens is 3. The van der Waals surface area contributed by atoms with Gasteiger partial charge in [-0.25, -0.2) is 9.97 Å². The van der Waals surface area contributed by atoms with Gasteiger partial charge in [-0.05, 0) is 56.7 Å². The number of carbonyl (C=O) groups is 1. The number of rotatable bonds is 9. The van der Waals surface area contributed by atoms with Gasteiger partial charge >= 0.3 is 6.18 Å². The molecule has 0 amide bonds. The average molecular weight is 477 g/mol. The highest BCUT2D eigenvalue weighted by Gasteiger charge is 2.30. The molecule has 2 aromatic carbocycles.